The molecule has 0 rings (SSSR count). The standard InChI is InChI=1S/C12H25N2O12P/c13-5(1-15)9(20)10(21)8(19)4-25-27(23,24)26-12(6(14)2-16)11(22)7(18)3-17/h1-2,5-12,17-22H,3-4,13-14H2,(H,23,24)/t5-,6-,7+,8+,9+,10+,11+,12+/m0/s1. The summed E-state index contributed by atoms with van der Waals surface area (Å²) in [5.41, 5.74) is 10.5. The predicted octanol–water partition coefficient (Wildman–Crippen LogP) is -5.66. The Balaban J connectivity index is 4.99. The van der Waals surface area contributed by atoms with Gasteiger partial charge in [-0.1, -0.05) is 0 Å². The van der Waals surface area contributed by atoms with E-state index in [1.165, 1.54) is 0 Å². The van der Waals surface area contributed by atoms with E-state index >= 15 is 0 Å². The van der Waals surface area contributed by atoms with Gasteiger partial charge >= 0.3 is 7.82 Å². The van der Waals surface area contributed by atoms with Crippen LogP contribution in [-0.2, 0) is 23.2 Å². The van der Waals surface area contributed by atoms with Gasteiger partial charge in [0.05, 0.1) is 25.3 Å². The first-order chi connectivity index (χ1) is 12.4. The summed E-state index contributed by atoms with van der Waals surface area (Å²) < 4.78 is 20.8. The number of carbonyl (C=O) groups excluding carboxylic acids is 2. The van der Waals surface area contributed by atoms with Gasteiger partial charge in [0.1, 0.15) is 49.2 Å². The molecule has 27 heavy (non-hydrogen) atoms. The van der Waals surface area contributed by atoms with Crippen molar-refractivity contribution in [2.75, 3.05) is 13.2 Å². The van der Waals surface area contributed by atoms with E-state index in [1.807, 2.05) is 0 Å². The van der Waals surface area contributed by atoms with Crippen molar-refractivity contribution < 1.29 is 58.7 Å². The normalized spacial score (nSPS) is 23.1. The van der Waals surface area contributed by atoms with Crippen molar-refractivity contribution in [1.29, 1.82) is 0 Å². The van der Waals surface area contributed by atoms with Crippen LogP contribution in [0.3, 0.4) is 0 Å². The average Bonchev–Trinajstić information content (AvgIpc) is 2.66. The maximum Gasteiger partial charge on any atom is 0.472 e. The highest BCUT2D eigenvalue weighted by molar-refractivity contribution is 7.47. The molecule has 9 atom stereocenters. The highest BCUT2D eigenvalue weighted by Crippen LogP contribution is 2.45. The number of hydrogen-bond donors (Lipinski definition) is 9. The van der Waals surface area contributed by atoms with Gasteiger partial charge in [-0.2, -0.15) is 0 Å². The van der Waals surface area contributed by atoms with Crippen LogP contribution in [-0.4, -0.2) is 110 Å². The SMILES string of the molecule is N[C@@H](C=O)[C@@H](O)[C@H](O)[C@H](O)COP(=O)(O)O[C@@H]([C@H](O)[C@H](O)CO)[C@@H](N)C=O. The van der Waals surface area contributed by atoms with Crippen LogP contribution in [0.15, 0.2) is 0 Å². The number of carbonyl (C=O) groups is 2. The Kier molecular flexibility index (Phi) is 11.5. The molecule has 0 spiro atoms. The van der Waals surface area contributed by atoms with E-state index in [4.69, 9.17) is 16.6 Å². The summed E-state index contributed by atoms with van der Waals surface area (Å²) in [6.07, 6.45) is -11.7. The van der Waals surface area contributed by atoms with Crippen molar-refractivity contribution >= 4 is 20.4 Å². The molecule has 0 aromatic carbocycles. The second-order valence-electron chi connectivity index (χ2n) is 5.55. The number of aliphatic hydroxyl groups is 6. The van der Waals surface area contributed by atoms with Crippen LogP contribution in [0.4, 0.5) is 0 Å². The van der Waals surface area contributed by atoms with E-state index in [0.29, 0.717) is 0 Å². The van der Waals surface area contributed by atoms with Gasteiger partial charge in [0, 0.05) is 0 Å². The third-order valence-corrected chi connectivity index (χ3v) is 4.40. The molecule has 0 aromatic heterocycles. The molecule has 11 N–H and O–H groups in total. The Bertz CT molecular complexity index is 511. The molecule has 0 bridgehead atoms. The van der Waals surface area contributed by atoms with Crippen LogP contribution < -0.4 is 11.5 Å². The lowest BCUT2D eigenvalue weighted by Gasteiger charge is -2.30. The lowest BCUT2D eigenvalue weighted by molar-refractivity contribution is -0.121. The smallest absolute Gasteiger partial charge is 0.394 e. The summed E-state index contributed by atoms with van der Waals surface area (Å²) in [6.45, 7) is -2.08. The number of nitrogens with two attached hydrogens (primary N) is 2. The molecule has 0 aliphatic carbocycles. The summed E-state index contributed by atoms with van der Waals surface area (Å²) in [7, 11) is -5.12. The minimum atomic E-state index is -5.12. The fraction of sp³-hybridized carbons (Fsp3) is 0.833. The van der Waals surface area contributed by atoms with Crippen molar-refractivity contribution in [3.63, 3.8) is 0 Å². The first-order valence-corrected chi connectivity index (χ1v) is 9.00. The molecule has 0 saturated carbocycles. The van der Waals surface area contributed by atoms with E-state index in [9.17, 15) is 44.6 Å². The van der Waals surface area contributed by atoms with Gasteiger partial charge in [-0.15, -0.1) is 0 Å². The molecule has 0 aliphatic heterocycles. The second kappa shape index (κ2) is 11.9. The topological polar surface area (TPSA) is 263 Å². The van der Waals surface area contributed by atoms with Gasteiger partial charge in [0.25, 0.3) is 0 Å². The number of phosphoric ester groups is 1. The Morgan fingerprint density at radius 1 is 0.889 bits per heavy atom. The van der Waals surface area contributed by atoms with Gasteiger partial charge in [-0.3, -0.25) is 9.05 Å². The number of hydrogen-bond acceptors (Lipinski definition) is 13. The summed E-state index contributed by atoms with van der Waals surface area (Å²) in [5.74, 6) is 0. The van der Waals surface area contributed by atoms with Gasteiger partial charge in [0.15, 0.2) is 0 Å². The second-order valence-corrected chi connectivity index (χ2v) is 6.96. The van der Waals surface area contributed by atoms with Crippen LogP contribution in [0.5, 0.6) is 0 Å². The van der Waals surface area contributed by atoms with Crippen LogP contribution in [0.2, 0.25) is 0 Å². The Morgan fingerprint density at radius 3 is 1.85 bits per heavy atom. The molecule has 0 aliphatic rings. The molecule has 14 nitrogen and oxygen atoms in total. The monoisotopic (exact) mass is 420 g/mol. The highest BCUT2D eigenvalue weighted by atomic mass is 31.2. The minimum Gasteiger partial charge on any atom is -0.394 e. The fourth-order valence-electron chi connectivity index (χ4n) is 1.75. The van der Waals surface area contributed by atoms with Crippen molar-refractivity contribution in [1.82, 2.24) is 0 Å². The number of aliphatic hydroxyl groups excluding tert-OH is 6. The maximum atomic E-state index is 11.9. The zero-order valence-corrected chi connectivity index (χ0v) is 14.9. The van der Waals surface area contributed by atoms with Crippen molar-refractivity contribution in [3.05, 3.63) is 0 Å². The highest BCUT2D eigenvalue weighted by Gasteiger charge is 2.39. The quantitative estimate of drug-likeness (QED) is 0.0936. The van der Waals surface area contributed by atoms with Crippen LogP contribution in [0.25, 0.3) is 0 Å². The number of rotatable bonds is 14. The molecule has 0 amide bonds. The van der Waals surface area contributed by atoms with Crippen LogP contribution in [0, 0.1) is 0 Å². The third kappa shape index (κ3) is 8.35. The van der Waals surface area contributed by atoms with Gasteiger partial charge < -0.3 is 56.6 Å². The number of aldehydes is 2. The largest absolute Gasteiger partial charge is 0.472 e. The Hall–Kier alpha value is -0.870. The molecule has 0 radical (unpaired) electrons. The summed E-state index contributed by atoms with van der Waals surface area (Å²) in [6, 6.07) is -3.25. The van der Waals surface area contributed by atoms with E-state index < -0.39 is 69.7 Å². The molecule has 1 unspecified atom stereocenters. The summed E-state index contributed by atoms with van der Waals surface area (Å²) >= 11 is 0. The fourth-order valence-corrected chi connectivity index (χ4v) is 2.73. The van der Waals surface area contributed by atoms with Crippen LogP contribution >= 0.6 is 7.82 Å². The first kappa shape index (κ1) is 26.1. The van der Waals surface area contributed by atoms with Crippen LogP contribution in [0.1, 0.15) is 0 Å². The van der Waals surface area contributed by atoms with Crippen molar-refractivity contribution in [3.8, 4) is 0 Å². The summed E-state index contributed by atoms with van der Waals surface area (Å²) in [5, 5.41) is 56.6. The first-order valence-electron chi connectivity index (χ1n) is 7.50. The van der Waals surface area contributed by atoms with Crippen molar-refractivity contribution in [2.45, 2.75) is 48.7 Å². The van der Waals surface area contributed by atoms with Gasteiger partial charge in [0.2, 0.25) is 0 Å². The zero-order valence-electron chi connectivity index (χ0n) is 14.0. The maximum absolute atomic E-state index is 11.9. The average molecular weight is 420 g/mol. The molecule has 160 valence electrons. The molecule has 0 heterocycles. The lowest BCUT2D eigenvalue weighted by atomic mass is 10.0. The lowest BCUT2D eigenvalue weighted by Crippen LogP contribution is -2.51. The predicted molar refractivity (Wildman–Crippen MR) is 85.8 cm³/mol. The van der Waals surface area contributed by atoms with Gasteiger partial charge in [-0.25, -0.2) is 4.57 Å². The molecular weight excluding hydrogens is 395 g/mol. The van der Waals surface area contributed by atoms with Gasteiger partial charge in [-0.05, 0) is 0 Å². The Morgan fingerprint density at radius 2 is 1.41 bits per heavy atom. The minimum absolute atomic E-state index is 0.0355. The Labute approximate surface area is 153 Å². The molecule has 0 aromatic rings. The molecule has 15 heteroatoms. The van der Waals surface area contributed by atoms with E-state index in [1.54, 1.807) is 0 Å². The molecule has 0 fully saturated rings. The number of phosphoric acid groups is 1. The van der Waals surface area contributed by atoms with Crippen molar-refractivity contribution in [2.24, 2.45) is 11.5 Å². The molecule has 0 saturated heterocycles. The molecular formula is C12H25N2O12P. The third-order valence-electron chi connectivity index (χ3n) is 3.41. The summed E-state index contributed by atoms with van der Waals surface area (Å²) in [4.78, 5) is 30.8. The van der Waals surface area contributed by atoms with E-state index in [0.717, 1.165) is 0 Å². The van der Waals surface area contributed by atoms with E-state index in [2.05, 4.69) is 9.05 Å². The zero-order chi connectivity index (χ0) is 21.4. The van der Waals surface area contributed by atoms with E-state index in [-0.39, 0.29) is 12.6 Å².